The highest BCUT2D eigenvalue weighted by Crippen LogP contribution is 2.00. The van der Waals surface area contributed by atoms with Crippen LogP contribution in [0.2, 0.25) is 0 Å². The minimum Gasteiger partial charge on any atom is -0.354 e. The van der Waals surface area contributed by atoms with Gasteiger partial charge in [0, 0.05) is 11.5 Å². The summed E-state index contributed by atoms with van der Waals surface area (Å²) < 4.78 is 15.1. The lowest BCUT2D eigenvalue weighted by Gasteiger charge is -2.09. The molecule has 1 rings (SSSR count). The smallest absolute Gasteiger partial charge is 0.149 e. The van der Waals surface area contributed by atoms with E-state index in [0.29, 0.717) is 13.6 Å². The molecular formula is C6H12O3S. The third kappa shape index (κ3) is 4.11. The molecule has 0 saturated carbocycles. The summed E-state index contributed by atoms with van der Waals surface area (Å²) in [6.07, 6.45) is 0. The molecule has 0 aromatic rings. The van der Waals surface area contributed by atoms with Crippen LogP contribution in [-0.4, -0.2) is 38.3 Å². The predicted octanol–water partition coefficient (Wildman–Crippen LogP) is 0.698. The minimum absolute atomic E-state index is 0.362. The van der Waals surface area contributed by atoms with Crippen LogP contribution >= 0.6 is 11.8 Å². The lowest BCUT2D eigenvalue weighted by molar-refractivity contribution is -0.127. The average Bonchev–Trinajstić information content (AvgIpc) is 2.01. The van der Waals surface area contributed by atoms with Gasteiger partial charge in [-0.2, -0.15) is 11.8 Å². The van der Waals surface area contributed by atoms with E-state index in [9.17, 15) is 0 Å². The number of hydrogen-bond acceptors (Lipinski definition) is 4. The maximum atomic E-state index is 5.09. The molecule has 0 unspecified atom stereocenters. The summed E-state index contributed by atoms with van der Waals surface area (Å²) in [5.41, 5.74) is 0. The molecule has 10 heavy (non-hydrogen) atoms. The van der Waals surface area contributed by atoms with Crippen LogP contribution in [-0.2, 0) is 14.2 Å². The zero-order valence-corrected chi connectivity index (χ0v) is 6.69. The number of thioether (sulfide) groups is 1. The van der Waals surface area contributed by atoms with Gasteiger partial charge < -0.3 is 14.2 Å². The van der Waals surface area contributed by atoms with Crippen LogP contribution in [0.25, 0.3) is 0 Å². The molecule has 1 saturated heterocycles. The standard InChI is InChI=1S/C6H12O3S/c1-3-10-4-2-8-6-9-5-7-1/h1-6H2. The molecular weight excluding hydrogens is 152 g/mol. The van der Waals surface area contributed by atoms with Crippen molar-refractivity contribution < 1.29 is 14.2 Å². The Kier molecular flexibility index (Phi) is 4.97. The average molecular weight is 164 g/mol. The Morgan fingerprint density at radius 2 is 1.40 bits per heavy atom. The lowest BCUT2D eigenvalue weighted by Crippen LogP contribution is -2.10. The summed E-state index contributed by atoms with van der Waals surface area (Å²) in [7, 11) is 0. The Labute approximate surface area is 65.0 Å². The van der Waals surface area contributed by atoms with Gasteiger partial charge in [0.25, 0.3) is 0 Å². The number of ether oxygens (including phenoxy) is 3. The summed E-state index contributed by atoms with van der Waals surface area (Å²) >= 11 is 1.85. The molecule has 0 aromatic heterocycles. The van der Waals surface area contributed by atoms with Crippen LogP contribution < -0.4 is 0 Å². The number of rotatable bonds is 0. The Morgan fingerprint density at radius 1 is 0.800 bits per heavy atom. The van der Waals surface area contributed by atoms with Crippen molar-refractivity contribution in [3.8, 4) is 0 Å². The zero-order chi connectivity index (χ0) is 7.07. The van der Waals surface area contributed by atoms with E-state index < -0.39 is 0 Å². The minimum atomic E-state index is 0.362. The SMILES string of the molecule is C1CSCCOCOCO1. The second-order valence-corrected chi connectivity index (χ2v) is 3.09. The normalized spacial score (nSPS) is 24.0. The highest BCUT2D eigenvalue weighted by molar-refractivity contribution is 7.99. The van der Waals surface area contributed by atoms with Gasteiger partial charge >= 0.3 is 0 Å². The van der Waals surface area contributed by atoms with Gasteiger partial charge in [-0.25, -0.2) is 0 Å². The van der Waals surface area contributed by atoms with Crippen molar-refractivity contribution in [3.63, 3.8) is 0 Å². The van der Waals surface area contributed by atoms with Crippen LogP contribution in [0.3, 0.4) is 0 Å². The Balaban J connectivity index is 2.00. The van der Waals surface area contributed by atoms with E-state index in [0.717, 1.165) is 24.7 Å². The first-order valence-corrected chi connectivity index (χ1v) is 4.46. The van der Waals surface area contributed by atoms with E-state index in [4.69, 9.17) is 14.2 Å². The predicted molar refractivity (Wildman–Crippen MR) is 40.0 cm³/mol. The topological polar surface area (TPSA) is 27.7 Å². The van der Waals surface area contributed by atoms with Crippen molar-refractivity contribution in [2.45, 2.75) is 0 Å². The summed E-state index contributed by atoms with van der Waals surface area (Å²) in [5, 5.41) is 0. The van der Waals surface area contributed by atoms with Gasteiger partial charge in [-0.05, 0) is 0 Å². The van der Waals surface area contributed by atoms with Gasteiger partial charge in [-0.1, -0.05) is 0 Å². The molecule has 1 fully saturated rings. The van der Waals surface area contributed by atoms with Crippen molar-refractivity contribution in [2.75, 3.05) is 38.3 Å². The fourth-order valence-corrected chi connectivity index (χ4v) is 1.28. The molecule has 0 aromatic carbocycles. The summed E-state index contributed by atoms with van der Waals surface area (Å²) in [6, 6.07) is 0. The first-order valence-electron chi connectivity index (χ1n) is 3.31. The zero-order valence-electron chi connectivity index (χ0n) is 5.88. The van der Waals surface area contributed by atoms with Crippen molar-refractivity contribution in [1.82, 2.24) is 0 Å². The second-order valence-electron chi connectivity index (χ2n) is 1.87. The summed E-state index contributed by atoms with van der Waals surface area (Å²) in [4.78, 5) is 0. The molecule has 0 bridgehead atoms. The molecule has 0 aliphatic carbocycles. The van der Waals surface area contributed by atoms with Crippen molar-refractivity contribution in [1.29, 1.82) is 0 Å². The molecule has 0 atom stereocenters. The highest BCUT2D eigenvalue weighted by Gasteiger charge is 1.94. The Bertz CT molecular complexity index is 46.2. The van der Waals surface area contributed by atoms with Gasteiger partial charge in [-0.15, -0.1) is 0 Å². The van der Waals surface area contributed by atoms with Gasteiger partial charge in [0.05, 0.1) is 13.2 Å². The van der Waals surface area contributed by atoms with Crippen molar-refractivity contribution in [3.05, 3.63) is 0 Å². The molecule has 0 radical (unpaired) electrons. The highest BCUT2D eigenvalue weighted by atomic mass is 32.2. The summed E-state index contributed by atoms with van der Waals surface area (Å²) in [6.45, 7) is 2.29. The third-order valence-corrected chi connectivity index (χ3v) is 1.99. The van der Waals surface area contributed by atoms with Crippen molar-refractivity contribution in [2.24, 2.45) is 0 Å². The van der Waals surface area contributed by atoms with Gasteiger partial charge in [0.15, 0.2) is 0 Å². The molecule has 1 heterocycles. The Hall–Kier alpha value is 0.230. The third-order valence-electron chi connectivity index (χ3n) is 1.08. The van der Waals surface area contributed by atoms with Gasteiger partial charge in [0.1, 0.15) is 13.6 Å². The molecule has 1 aliphatic heterocycles. The van der Waals surface area contributed by atoms with E-state index in [2.05, 4.69) is 0 Å². The quantitative estimate of drug-likeness (QED) is 0.526. The maximum Gasteiger partial charge on any atom is 0.149 e. The summed E-state index contributed by atoms with van der Waals surface area (Å²) in [5.74, 6) is 2.07. The molecule has 4 heteroatoms. The molecule has 60 valence electrons. The molecule has 1 aliphatic rings. The first kappa shape index (κ1) is 8.33. The second kappa shape index (κ2) is 5.97. The van der Waals surface area contributed by atoms with E-state index in [1.165, 1.54) is 0 Å². The Morgan fingerprint density at radius 3 is 2.00 bits per heavy atom. The van der Waals surface area contributed by atoms with Gasteiger partial charge in [0.2, 0.25) is 0 Å². The molecule has 0 amide bonds. The largest absolute Gasteiger partial charge is 0.354 e. The fourth-order valence-electron chi connectivity index (χ4n) is 0.607. The molecule has 3 nitrogen and oxygen atoms in total. The first-order chi connectivity index (χ1) is 5.00. The number of hydrogen-bond donors (Lipinski definition) is 0. The molecule has 0 N–H and O–H groups in total. The fraction of sp³-hybridized carbons (Fsp3) is 1.00. The van der Waals surface area contributed by atoms with Crippen LogP contribution in [0.15, 0.2) is 0 Å². The van der Waals surface area contributed by atoms with E-state index >= 15 is 0 Å². The van der Waals surface area contributed by atoms with E-state index in [1.54, 1.807) is 0 Å². The van der Waals surface area contributed by atoms with Crippen LogP contribution in [0.4, 0.5) is 0 Å². The monoisotopic (exact) mass is 164 g/mol. The lowest BCUT2D eigenvalue weighted by atomic mass is 10.8. The maximum absolute atomic E-state index is 5.09. The van der Waals surface area contributed by atoms with Crippen molar-refractivity contribution >= 4 is 11.8 Å². The van der Waals surface area contributed by atoms with Crippen LogP contribution in [0, 0.1) is 0 Å². The van der Waals surface area contributed by atoms with Crippen LogP contribution in [0.5, 0.6) is 0 Å². The van der Waals surface area contributed by atoms with Gasteiger partial charge in [-0.3, -0.25) is 0 Å². The van der Waals surface area contributed by atoms with E-state index in [1.807, 2.05) is 11.8 Å². The van der Waals surface area contributed by atoms with Crippen LogP contribution in [0.1, 0.15) is 0 Å². The van der Waals surface area contributed by atoms with E-state index in [-0.39, 0.29) is 0 Å². The molecule has 0 spiro atoms.